The van der Waals surface area contributed by atoms with Crippen molar-refractivity contribution in [2.45, 2.75) is 12.5 Å². The Labute approximate surface area is 191 Å². The Morgan fingerprint density at radius 2 is 2.00 bits per heavy atom. The highest BCUT2D eigenvalue weighted by Gasteiger charge is 2.44. The lowest BCUT2D eigenvalue weighted by atomic mass is 9.96. The number of carbonyl (C=O) groups is 2. The number of pyridine rings is 1. The highest BCUT2D eigenvalue weighted by molar-refractivity contribution is 6.15. The van der Waals surface area contributed by atoms with Gasteiger partial charge in [0.1, 0.15) is 18.7 Å². The minimum Gasteiger partial charge on any atom is -0.503 e. The van der Waals surface area contributed by atoms with Gasteiger partial charge in [-0.2, -0.15) is 0 Å². The number of rotatable bonds is 7. The van der Waals surface area contributed by atoms with Gasteiger partial charge in [0.05, 0.1) is 31.4 Å². The van der Waals surface area contributed by atoms with Crippen molar-refractivity contribution < 1.29 is 28.7 Å². The minimum atomic E-state index is -0.716. The molecule has 0 unspecified atom stereocenters. The molecule has 2 N–H and O–H groups in total. The monoisotopic (exact) mass is 448 g/mol. The average Bonchev–Trinajstić information content (AvgIpc) is 3.40. The van der Waals surface area contributed by atoms with Crippen LogP contribution in [0, 0.1) is 0 Å². The Morgan fingerprint density at radius 1 is 1.18 bits per heavy atom. The van der Waals surface area contributed by atoms with Crippen LogP contribution in [0.4, 0.5) is 0 Å². The number of hydrogen-bond donors (Lipinski definition) is 2. The Morgan fingerprint density at radius 3 is 2.76 bits per heavy atom. The van der Waals surface area contributed by atoms with Crippen molar-refractivity contribution in [1.29, 1.82) is 0 Å². The molecule has 3 aromatic rings. The van der Waals surface area contributed by atoms with Gasteiger partial charge in [0.2, 0.25) is 5.78 Å². The molecule has 0 saturated carbocycles. The third kappa shape index (κ3) is 4.15. The number of hydrogen-bond acceptors (Lipinski definition) is 6. The maximum Gasteiger partial charge on any atom is 0.290 e. The molecule has 8 nitrogen and oxygen atoms in total. The first-order valence-corrected chi connectivity index (χ1v) is 11.2. The zero-order valence-electron chi connectivity index (χ0n) is 18.2. The van der Waals surface area contributed by atoms with Crippen molar-refractivity contribution in [2.75, 3.05) is 39.4 Å². The summed E-state index contributed by atoms with van der Waals surface area (Å²) in [5.41, 5.74) is 1.28. The van der Waals surface area contributed by atoms with E-state index in [9.17, 15) is 14.7 Å². The van der Waals surface area contributed by atoms with Crippen LogP contribution in [-0.4, -0.2) is 66.1 Å². The first kappa shape index (κ1) is 21.4. The fraction of sp³-hybridized carbons (Fsp3) is 0.320. The lowest BCUT2D eigenvalue weighted by Gasteiger charge is -2.28. The number of aromatic nitrogens is 1. The van der Waals surface area contributed by atoms with E-state index in [1.807, 2.05) is 24.3 Å². The molecule has 0 aliphatic carbocycles. The fourth-order valence-electron chi connectivity index (χ4n) is 4.64. The molecule has 33 heavy (non-hydrogen) atoms. The molecule has 2 aromatic heterocycles. The molecule has 1 aromatic carbocycles. The summed E-state index contributed by atoms with van der Waals surface area (Å²) in [5.74, 6) is -1.46. The van der Waals surface area contributed by atoms with Crippen molar-refractivity contribution in [1.82, 2.24) is 9.88 Å². The van der Waals surface area contributed by atoms with Crippen molar-refractivity contribution in [3.8, 4) is 0 Å². The SMILES string of the molecule is O=C(C1=C(O)C(=O)N(CCC[NH+]2CCOCC2)[C@H]1c1cccnc1)c1cc2ccccc2o1. The normalized spacial score (nSPS) is 19.6. The Hall–Kier alpha value is -3.49. The molecule has 4 heterocycles. The molecule has 0 spiro atoms. The van der Waals surface area contributed by atoms with E-state index in [-0.39, 0.29) is 11.3 Å². The van der Waals surface area contributed by atoms with Gasteiger partial charge in [-0.15, -0.1) is 0 Å². The van der Waals surface area contributed by atoms with E-state index in [4.69, 9.17) is 9.15 Å². The van der Waals surface area contributed by atoms with E-state index >= 15 is 0 Å². The summed E-state index contributed by atoms with van der Waals surface area (Å²) < 4.78 is 11.2. The first-order chi connectivity index (χ1) is 16.1. The molecule has 5 rings (SSSR count). The Kier molecular flexibility index (Phi) is 5.93. The number of aliphatic hydroxyl groups excluding tert-OH is 1. The average molecular weight is 448 g/mol. The number of Topliss-reactive ketones (excluding diaryl/α,β-unsaturated/α-hetero) is 1. The van der Waals surface area contributed by atoms with E-state index in [0.717, 1.165) is 44.7 Å². The van der Waals surface area contributed by atoms with E-state index in [1.54, 1.807) is 35.5 Å². The Bertz CT molecular complexity index is 1160. The maximum atomic E-state index is 13.5. The lowest BCUT2D eigenvalue weighted by molar-refractivity contribution is -0.908. The van der Waals surface area contributed by atoms with Gasteiger partial charge >= 0.3 is 0 Å². The minimum absolute atomic E-state index is 0.0331. The summed E-state index contributed by atoms with van der Waals surface area (Å²) in [6.45, 7) is 4.69. The number of para-hydroxylation sites is 1. The molecule has 2 aliphatic rings. The molecular formula is C25H26N3O5+. The van der Waals surface area contributed by atoms with E-state index in [1.165, 1.54) is 4.90 Å². The second-order valence-corrected chi connectivity index (χ2v) is 8.39. The first-order valence-electron chi connectivity index (χ1n) is 11.2. The number of ether oxygens (including phenoxy) is 1. The molecule has 8 heteroatoms. The molecule has 1 fully saturated rings. The number of aliphatic hydroxyl groups is 1. The number of nitrogens with one attached hydrogen (secondary N) is 1. The Balaban J connectivity index is 1.43. The predicted molar refractivity (Wildman–Crippen MR) is 120 cm³/mol. The zero-order valence-corrected chi connectivity index (χ0v) is 18.2. The van der Waals surface area contributed by atoms with Gasteiger partial charge in [-0.1, -0.05) is 24.3 Å². The number of amides is 1. The summed E-state index contributed by atoms with van der Waals surface area (Å²) in [4.78, 5) is 33.7. The molecule has 2 aliphatic heterocycles. The van der Waals surface area contributed by atoms with Crippen LogP contribution >= 0.6 is 0 Å². The second kappa shape index (κ2) is 9.17. The number of furan rings is 1. The number of fused-ring (bicyclic) bond motifs is 1. The fourth-order valence-corrected chi connectivity index (χ4v) is 4.64. The highest BCUT2D eigenvalue weighted by Crippen LogP contribution is 2.39. The lowest BCUT2D eigenvalue weighted by Crippen LogP contribution is -3.14. The largest absolute Gasteiger partial charge is 0.503 e. The van der Waals surface area contributed by atoms with Crippen molar-refractivity contribution in [2.24, 2.45) is 0 Å². The second-order valence-electron chi connectivity index (χ2n) is 8.39. The number of quaternary nitrogens is 1. The number of morpholine rings is 1. The van der Waals surface area contributed by atoms with Crippen LogP contribution in [-0.2, 0) is 9.53 Å². The van der Waals surface area contributed by atoms with Crippen LogP contribution in [0.15, 0.2) is 70.6 Å². The van der Waals surface area contributed by atoms with Crippen LogP contribution in [0.25, 0.3) is 11.0 Å². The summed E-state index contributed by atoms with van der Waals surface area (Å²) in [7, 11) is 0. The van der Waals surface area contributed by atoms with Gasteiger partial charge in [0.15, 0.2) is 11.5 Å². The summed E-state index contributed by atoms with van der Waals surface area (Å²) in [6.07, 6.45) is 4.01. The van der Waals surface area contributed by atoms with Gasteiger partial charge < -0.3 is 24.1 Å². The molecule has 0 bridgehead atoms. The zero-order chi connectivity index (χ0) is 22.8. The van der Waals surface area contributed by atoms with Crippen LogP contribution < -0.4 is 4.90 Å². The maximum absolute atomic E-state index is 13.5. The topological polar surface area (TPSA) is 97.3 Å². The molecule has 170 valence electrons. The van der Waals surface area contributed by atoms with Gasteiger partial charge in [0, 0.05) is 30.7 Å². The van der Waals surface area contributed by atoms with E-state index < -0.39 is 23.5 Å². The van der Waals surface area contributed by atoms with Gasteiger partial charge in [0.25, 0.3) is 5.91 Å². The van der Waals surface area contributed by atoms with Crippen molar-refractivity contribution >= 4 is 22.7 Å². The van der Waals surface area contributed by atoms with Gasteiger partial charge in [-0.25, -0.2) is 0 Å². The number of carbonyl (C=O) groups excluding carboxylic acids is 2. The molecule has 0 radical (unpaired) electrons. The van der Waals surface area contributed by atoms with Crippen LogP contribution in [0.3, 0.4) is 0 Å². The molecule has 1 atom stereocenters. The van der Waals surface area contributed by atoms with E-state index in [2.05, 4.69) is 4.98 Å². The molecule has 1 amide bonds. The third-order valence-corrected chi connectivity index (χ3v) is 6.33. The van der Waals surface area contributed by atoms with Crippen LogP contribution in [0.1, 0.15) is 28.6 Å². The van der Waals surface area contributed by atoms with Crippen molar-refractivity contribution in [3.63, 3.8) is 0 Å². The quantitative estimate of drug-likeness (QED) is 0.534. The smallest absolute Gasteiger partial charge is 0.290 e. The predicted octanol–water partition coefficient (Wildman–Crippen LogP) is 1.71. The summed E-state index contributed by atoms with van der Waals surface area (Å²) in [6, 6.07) is 11.8. The number of benzene rings is 1. The van der Waals surface area contributed by atoms with E-state index in [0.29, 0.717) is 17.7 Å². The highest BCUT2D eigenvalue weighted by atomic mass is 16.5. The third-order valence-electron chi connectivity index (χ3n) is 6.33. The summed E-state index contributed by atoms with van der Waals surface area (Å²) >= 11 is 0. The van der Waals surface area contributed by atoms with Gasteiger partial charge in [-0.3, -0.25) is 14.6 Å². The summed E-state index contributed by atoms with van der Waals surface area (Å²) in [5, 5.41) is 11.6. The molecular weight excluding hydrogens is 422 g/mol. The van der Waals surface area contributed by atoms with Gasteiger partial charge in [-0.05, 0) is 23.8 Å². The molecule has 1 saturated heterocycles. The standard InChI is InChI=1S/C25H25N3O5/c29-23(20-15-17-5-1-2-7-19(17)33-20)21-22(18-6-3-8-26-16-18)28(25(31)24(21)30)10-4-9-27-11-13-32-14-12-27/h1-3,5-8,15-16,22,30H,4,9-14H2/p+1/t22-/m0/s1. The van der Waals surface area contributed by atoms with Crippen LogP contribution in [0.5, 0.6) is 0 Å². The number of ketones is 1. The van der Waals surface area contributed by atoms with Crippen molar-refractivity contribution in [3.05, 3.63) is 77.5 Å². The number of nitrogens with zero attached hydrogens (tertiary/aromatic N) is 2. The van der Waals surface area contributed by atoms with Crippen LogP contribution in [0.2, 0.25) is 0 Å².